The van der Waals surface area contributed by atoms with Crippen LogP contribution in [0.3, 0.4) is 0 Å². The fraction of sp³-hybridized carbons (Fsp3) is 0.231. The molecule has 0 saturated carbocycles. The number of furan rings is 1. The molecule has 0 amide bonds. The van der Waals surface area contributed by atoms with Crippen molar-refractivity contribution in [2.24, 2.45) is 0 Å². The molecule has 6 heteroatoms. The van der Waals surface area contributed by atoms with E-state index in [0.29, 0.717) is 11.3 Å². The Morgan fingerprint density at radius 1 is 1.21 bits per heavy atom. The summed E-state index contributed by atoms with van der Waals surface area (Å²) >= 11 is 0. The molecule has 96 valence electrons. The molecule has 2 atom stereocenters. The van der Waals surface area contributed by atoms with Gasteiger partial charge in [0.1, 0.15) is 11.6 Å². The van der Waals surface area contributed by atoms with E-state index in [1.54, 1.807) is 42.5 Å². The largest absolute Gasteiger partial charge is 1.00 e. The number of aryl methyl sites for hydroxylation is 1. The maximum absolute atomic E-state index is 12.0. The third-order valence-electron chi connectivity index (χ3n) is 2.72. The summed E-state index contributed by atoms with van der Waals surface area (Å²) in [7, 11) is -3.90. The van der Waals surface area contributed by atoms with Crippen molar-refractivity contribution in [2.45, 2.75) is 12.3 Å². The number of aliphatic hydroxyl groups excluding tert-OH is 1. The van der Waals surface area contributed by atoms with Gasteiger partial charge in [0, 0.05) is 13.8 Å². The van der Waals surface area contributed by atoms with Crippen molar-refractivity contribution in [3.05, 3.63) is 60.1 Å². The molecule has 0 radical (unpaired) electrons. The molecule has 2 aromatic rings. The van der Waals surface area contributed by atoms with Crippen molar-refractivity contribution in [2.75, 3.05) is 6.16 Å². The van der Waals surface area contributed by atoms with Crippen molar-refractivity contribution >= 4 is 7.37 Å². The first kappa shape index (κ1) is 16.7. The van der Waals surface area contributed by atoms with Crippen molar-refractivity contribution < 1.29 is 48.5 Å². The van der Waals surface area contributed by atoms with Gasteiger partial charge < -0.3 is 19.0 Å². The average molecular weight is 288 g/mol. The second-order valence-electron chi connectivity index (χ2n) is 4.06. The van der Waals surface area contributed by atoms with E-state index in [0.717, 1.165) is 0 Å². The van der Waals surface area contributed by atoms with Crippen LogP contribution in [0.5, 0.6) is 0 Å². The van der Waals surface area contributed by atoms with Gasteiger partial charge in [-0.1, -0.05) is 30.3 Å². The van der Waals surface area contributed by atoms with Crippen LogP contribution in [-0.4, -0.2) is 11.3 Å². The zero-order valence-corrected chi connectivity index (χ0v) is 13.6. The topological polar surface area (TPSA) is 73.5 Å². The smallest absolute Gasteiger partial charge is 0.797 e. The summed E-state index contributed by atoms with van der Waals surface area (Å²) in [5.74, 6) is -0.847. The van der Waals surface area contributed by atoms with Crippen LogP contribution in [0.2, 0.25) is 0 Å². The summed E-state index contributed by atoms with van der Waals surface area (Å²) < 4.78 is 17.0. The SMILES string of the molecule is O=P([O-])(CCc1ccco1)C(O)c1ccccc1.[Na+]. The van der Waals surface area contributed by atoms with Crippen molar-refractivity contribution in [3.63, 3.8) is 0 Å². The maximum atomic E-state index is 12.0. The molecule has 2 rings (SSSR count). The van der Waals surface area contributed by atoms with Crippen LogP contribution in [0, 0.1) is 0 Å². The molecule has 0 fully saturated rings. The molecule has 0 spiro atoms. The number of hydrogen-bond acceptors (Lipinski definition) is 4. The van der Waals surface area contributed by atoms with E-state index in [9.17, 15) is 14.6 Å². The van der Waals surface area contributed by atoms with E-state index in [1.807, 2.05) is 0 Å². The molecule has 0 aliphatic heterocycles. The summed E-state index contributed by atoms with van der Waals surface area (Å²) in [6.07, 6.45) is 1.66. The van der Waals surface area contributed by atoms with Gasteiger partial charge in [-0.2, -0.15) is 0 Å². The van der Waals surface area contributed by atoms with Gasteiger partial charge in [-0.3, -0.25) is 0 Å². The van der Waals surface area contributed by atoms with Crippen molar-refractivity contribution in [1.29, 1.82) is 0 Å². The van der Waals surface area contributed by atoms with Crippen molar-refractivity contribution in [3.8, 4) is 0 Å². The number of aliphatic hydroxyl groups is 1. The molecule has 4 nitrogen and oxygen atoms in total. The van der Waals surface area contributed by atoms with Crippen LogP contribution < -0.4 is 34.5 Å². The first-order valence-corrected chi connectivity index (χ1v) is 7.53. The molecular formula is C13H14NaO4P. The number of benzene rings is 1. The summed E-state index contributed by atoms with van der Waals surface area (Å²) in [5.41, 5.74) is 0.398. The van der Waals surface area contributed by atoms with E-state index in [2.05, 4.69) is 0 Å². The molecule has 1 N–H and O–H groups in total. The van der Waals surface area contributed by atoms with Crippen LogP contribution in [0.1, 0.15) is 17.2 Å². The Morgan fingerprint density at radius 3 is 2.47 bits per heavy atom. The molecule has 0 aliphatic carbocycles. The van der Waals surface area contributed by atoms with Crippen LogP contribution in [-0.2, 0) is 11.0 Å². The second kappa shape index (κ2) is 7.44. The van der Waals surface area contributed by atoms with Gasteiger partial charge in [0.25, 0.3) is 0 Å². The molecule has 0 saturated heterocycles. The first-order chi connectivity index (χ1) is 8.59. The summed E-state index contributed by atoms with van der Waals surface area (Å²) in [6.45, 7) is 0. The molecule has 1 aromatic carbocycles. The van der Waals surface area contributed by atoms with Crippen LogP contribution >= 0.6 is 7.37 Å². The van der Waals surface area contributed by atoms with Crippen molar-refractivity contribution in [1.82, 2.24) is 0 Å². The van der Waals surface area contributed by atoms with Crippen LogP contribution in [0.4, 0.5) is 0 Å². The molecule has 0 bridgehead atoms. The van der Waals surface area contributed by atoms with Crippen LogP contribution in [0.15, 0.2) is 53.1 Å². The fourth-order valence-electron chi connectivity index (χ4n) is 1.70. The summed E-state index contributed by atoms with van der Waals surface area (Å²) in [4.78, 5) is 12.0. The van der Waals surface area contributed by atoms with E-state index >= 15 is 0 Å². The minimum atomic E-state index is -3.90. The standard InChI is InChI=1S/C13H15O4P.Na/c14-13(11-5-2-1-3-6-11)18(15,16)10-8-12-7-4-9-17-12;/h1-7,9,13-14H,8,10H2,(H,15,16);/q;+1/p-1. The fourth-order valence-corrected chi connectivity index (χ4v) is 3.10. The van der Waals surface area contributed by atoms with E-state index in [-0.39, 0.29) is 42.1 Å². The van der Waals surface area contributed by atoms with Gasteiger partial charge >= 0.3 is 29.6 Å². The monoisotopic (exact) mass is 288 g/mol. The minimum Gasteiger partial charge on any atom is -0.797 e. The molecule has 0 aliphatic rings. The van der Waals surface area contributed by atoms with Gasteiger partial charge in [-0.05, 0) is 23.9 Å². The molecule has 19 heavy (non-hydrogen) atoms. The molecule has 1 aromatic heterocycles. The molecule has 1 heterocycles. The maximum Gasteiger partial charge on any atom is 1.00 e. The van der Waals surface area contributed by atoms with Gasteiger partial charge in [0.05, 0.1) is 6.26 Å². The number of rotatable bonds is 5. The van der Waals surface area contributed by atoms with E-state index in [1.165, 1.54) is 6.26 Å². The van der Waals surface area contributed by atoms with Crippen LogP contribution in [0.25, 0.3) is 0 Å². The zero-order valence-electron chi connectivity index (χ0n) is 10.7. The summed E-state index contributed by atoms with van der Waals surface area (Å²) in [6, 6.07) is 11.8. The Morgan fingerprint density at radius 2 is 1.89 bits per heavy atom. The predicted molar refractivity (Wildman–Crippen MR) is 66.3 cm³/mol. The first-order valence-electron chi connectivity index (χ1n) is 5.65. The van der Waals surface area contributed by atoms with Gasteiger partial charge in [0.2, 0.25) is 0 Å². The second-order valence-corrected chi connectivity index (χ2v) is 6.45. The summed E-state index contributed by atoms with van der Waals surface area (Å²) in [5, 5.41) is 9.87. The zero-order chi connectivity index (χ0) is 13.0. The molecule has 2 unspecified atom stereocenters. The normalized spacial score (nSPS) is 15.3. The third kappa shape index (κ3) is 4.60. The van der Waals surface area contributed by atoms with Gasteiger partial charge in [0.15, 0.2) is 0 Å². The molecular weight excluding hydrogens is 274 g/mol. The Balaban J connectivity index is 0.00000180. The Labute approximate surface area is 134 Å². The quantitative estimate of drug-likeness (QED) is 0.575. The Hall–Kier alpha value is -0.350. The minimum absolute atomic E-state index is 0. The van der Waals surface area contributed by atoms with E-state index in [4.69, 9.17) is 4.42 Å². The number of hydrogen-bond donors (Lipinski definition) is 1. The van der Waals surface area contributed by atoms with Gasteiger partial charge in [-0.15, -0.1) is 0 Å². The predicted octanol–water partition coefficient (Wildman–Crippen LogP) is -0.844. The third-order valence-corrected chi connectivity index (χ3v) is 4.61. The Bertz CT molecular complexity index is 527. The van der Waals surface area contributed by atoms with E-state index < -0.39 is 13.2 Å². The average Bonchev–Trinajstić information content (AvgIpc) is 2.90. The Kier molecular flexibility index (Phi) is 6.54. The van der Waals surface area contributed by atoms with Gasteiger partial charge in [-0.25, -0.2) is 0 Å².